The molecule has 4 nitrogen and oxygen atoms in total. The second kappa shape index (κ2) is 5.02. The first-order valence-electron chi connectivity index (χ1n) is 5.63. The van der Waals surface area contributed by atoms with Crippen LogP contribution in [0.2, 0.25) is 5.15 Å². The maximum absolute atomic E-state index is 11.9. The molecule has 1 aromatic heterocycles. The summed E-state index contributed by atoms with van der Waals surface area (Å²) in [5.41, 5.74) is 0.153. The summed E-state index contributed by atoms with van der Waals surface area (Å²) in [7, 11) is 0. The molecule has 0 saturated carbocycles. The van der Waals surface area contributed by atoms with Gasteiger partial charge in [-0.3, -0.25) is 4.79 Å². The van der Waals surface area contributed by atoms with Crippen molar-refractivity contribution in [1.29, 1.82) is 0 Å². The Morgan fingerprint density at radius 1 is 1.71 bits per heavy atom. The van der Waals surface area contributed by atoms with E-state index in [2.05, 4.69) is 10.3 Å². The van der Waals surface area contributed by atoms with E-state index < -0.39 is 0 Å². The van der Waals surface area contributed by atoms with Crippen LogP contribution in [0.5, 0.6) is 0 Å². The van der Waals surface area contributed by atoms with Gasteiger partial charge in [0, 0.05) is 19.3 Å². The van der Waals surface area contributed by atoms with E-state index in [1.165, 1.54) is 0 Å². The van der Waals surface area contributed by atoms with Gasteiger partial charge >= 0.3 is 0 Å². The van der Waals surface area contributed by atoms with Crippen LogP contribution in [0.3, 0.4) is 0 Å². The number of aromatic nitrogens is 1. The van der Waals surface area contributed by atoms with Crippen LogP contribution in [0.25, 0.3) is 0 Å². The van der Waals surface area contributed by atoms with Gasteiger partial charge in [-0.15, -0.1) is 0 Å². The molecular weight excluding hydrogens is 240 g/mol. The fourth-order valence-electron chi connectivity index (χ4n) is 1.89. The van der Waals surface area contributed by atoms with Crippen molar-refractivity contribution < 1.29 is 9.53 Å². The van der Waals surface area contributed by atoms with Crippen LogP contribution in [0.15, 0.2) is 18.3 Å². The molecule has 1 aliphatic heterocycles. The van der Waals surface area contributed by atoms with Gasteiger partial charge < -0.3 is 10.1 Å². The molecule has 1 aromatic rings. The van der Waals surface area contributed by atoms with Gasteiger partial charge in [0.1, 0.15) is 5.15 Å². The Balaban J connectivity index is 1.96. The summed E-state index contributed by atoms with van der Waals surface area (Å²) in [6, 6.07) is 3.34. The van der Waals surface area contributed by atoms with Crippen molar-refractivity contribution in [2.45, 2.75) is 25.4 Å². The van der Waals surface area contributed by atoms with Gasteiger partial charge in [0.05, 0.1) is 11.2 Å². The first-order chi connectivity index (χ1) is 8.11. The van der Waals surface area contributed by atoms with E-state index in [1.54, 1.807) is 18.3 Å². The van der Waals surface area contributed by atoms with E-state index in [9.17, 15) is 4.79 Å². The van der Waals surface area contributed by atoms with Crippen molar-refractivity contribution in [3.63, 3.8) is 0 Å². The molecular formula is C12H15ClN2O2. The molecule has 1 fully saturated rings. The third kappa shape index (κ3) is 2.96. The third-order valence-corrected chi connectivity index (χ3v) is 3.23. The second-order valence-corrected chi connectivity index (χ2v) is 4.78. The van der Waals surface area contributed by atoms with Crippen LogP contribution < -0.4 is 5.32 Å². The molecule has 1 atom stereocenters. The van der Waals surface area contributed by atoms with Gasteiger partial charge in [-0.2, -0.15) is 0 Å². The van der Waals surface area contributed by atoms with E-state index in [-0.39, 0.29) is 16.7 Å². The summed E-state index contributed by atoms with van der Waals surface area (Å²) in [5.74, 6) is -0.208. The number of amides is 1. The van der Waals surface area contributed by atoms with Crippen molar-refractivity contribution in [2.75, 3.05) is 13.2 Å². The Labute approximate surface area is 105 Å². The average molecular weight is 255 g/mol. The van der Waals surface area contributed by atoms with Crippen molar-refractivity contribution in [2.24, 2.45) is 0 Å². The minimum Gasteiger partial charge on any atom is -0.373 e. The maximum Gasteiger partial charge on any atom is 0.254 e. The minimum atomic E-state index is -0.246. The molecule has 0 spiro atoms. The lowest BCUT2D eigenvalue weighted by Gasteiger charge is -2.23. The van der Waals surface area contributed by atoms with Gasteiger partial charge in [0.25, 0.3) is 5.91 Å². The van der Waals surface area contributed by atoms with E-state index >= 15 is 0 Å². The van der Waals surface area contributed by atoms with Crippen molar-refractivity contribution in [3.8, 4) is 0 Å². The highest BCUT2D eigenvalue weighted by Gasteiger charge is 2.30. The lowest BCUT2D eigenvalue weighted by molar-refractivity contribution is 0.0206. The van der Waals surface area contributed by atoms with Gasteiger partial charge in [-0.05, 0) is 31.9 Å². The Bertz CT molecular complexity index is 417. The number of hydrogen-bond donors (Lipinski definition) is 1. The normalized spacial score (nSPS) is 23.6. The summed E-state index contributed by atoms with van der Waals surface area (Å²) in [5, 5.41) is 3.06. The highest BCUT2D eigenvalue weighted by atomic mass is 35.5. The minimum absolute atomic E-state index is 0.208. The molecule has 0 aliphatic carbocycles. The van der Waals surface area contributed by atoms with Crippen LogP contribution in [0.4, 0.5) is 0 Å². The molecule has 1 aliphatic rings. The largest absolute Gasteiger partial charge is 0.373 e. The van der Waals surface area contributed by atoms with Crippen LogP contribution >= 0.6 is 11.6 Å². The Morgan fingerprint density at radius 2 is 2.53 bits per heavy atom. The van der Waals surface area contributed by atoms with E-state index in [0.29, 0.717) is 12.1 Å². The van der Waals surface area contributed by atoms with Crippen LogP contribution in [0.1, 0.15) is 30.1 Å². The number of ether oxygens (including phenoxy) is 1. The lowest BCUT2D eigenvalue weighted by atomic mass is 10.0. The predicted molar refractivity (Wildman–Crippen MR) is 65.2 cm³/mol. The monoisotopic (exact) mass is 254 g/mol. The van der Waals surface area contributed by atoms with Crippen LogP contribution in [-0.4, -0.2) is 29.6 Å². The molecule has 2 rings (SSSR count). The first kappa shape index (κ1) is 12.3. The van der Waals surface area contributed by atoms with Gasteiger partial charge in [-0.25, -0.2) is 4.98 Å². The molecule has 17 heavy (non-hydrogen) atoms. The number of nitrogens with zero attached hydrogens (tertiary/aromatic N) is 1. The number of halogens is 1. The SMILES string of the molecule is CC1(CNC(=O)c2cccnc2Cl)CCCO1. The Hall–Kier alpha value is -1.13. The number of nitrogens with one attached hydrogen (secondary N) is 1. The number of carbonyl (C=O) groups excluding carboxylic acids is 1. The molecule has 1 saturated heterocycles. The second-order valence-electron chi connectivity index (χ2n) is 4.43. The number of carbonyl (C=O) groups is 1. The van der Waals surface area contributed by atoms with Gasteiger partial charge in [-0.1, -0.05) is 11.6 Å². The number of rotatable bonds is 3. The molecule has 5 heteroatoms. The van der Waals surface area contributed by atoms with E-state index in [4.69, 9.17) is 16.3 Å². The highest BCUT2D eigenvalue weighted by Crippen LogP contribution is 2.24. The summed E-state index contributed by atoms with van der Waals surface area (Å²) in [6.07, 6.45) is 3.56. The van der Waals surface area contributed by atoms with Gasteiger partial charge in [0.2, 0.25) is 0 Å². The summed E-state index contributed by atoms with van der Waals surface area (Å²) < 4.78 is 5.59. The molecule has 1 unspecified atom stereocenters. The fourth-order valence-corrected chi connectivity index (χ4v) is 2.10. The molecule has 92 valence electrons. The Kier molecular flexibility index (Phi) is 3.64. The van der Waals surface area contributed by atoms with Crippen LogP contribution in [0, 0.1) is 0 Å². The van der Waals surface area contributed by atoms with Gasteiger partial charge in [0.15, 0.2) is 0 Å². The summed E-state index contributed by atoms with van der Waals surface area (Å²) in [6.45, 7) is 3.27. The zero-order chi connectivity index (χ0) is 12.3. The predicted octanol–water partition coefficient (Wildman–Crippen LogP) is 2.03. The molecule has 0 radical (unpaired) electrons. The van der Waals surface area contributed by atoms with Crippen LogP contribution in [-0.2, 0) is 4.74 Å². The van der Waals surface area contributed by atoms with E-state index in [1.807, 2.05) is 6.92 Å². The maximum atomic E-state index is 11.9. The summed E-state index contributed by atoms with van der Waals surface area (Å²) in [4.78, 5) is 15.7. The molecule has 0 aromatic carbocycles. The third-order valence-electron chi connectivity index (χ3n) is 2.93. The highest BCUT2D eigenvalue weighted by molar-refractivity contribution is 6.32. The smallest absolute Gasteiger partial charge is 0.254 e. The van der Waals surface area contributed by atoms with Crippen molar-refractivity contribution in [1.82, 2.24) is 10.3 Å². The number of hydrogen-bond acceptors (Lipinski definition) is 3. The molecule has 2 heterocycles. The summed E-state index contributed by atoms with van der Waals surface area (Å²) >= 11 is 5.85. The number of pyridine rings is 1. The Morgan fingerprint density at radius 3 is 3.18 bits per heavy atom. The quantitative estimate of drug-likeness (QED) is 0.840. The first-order valence-corrected chi connectivity index (χ1v) is 6.01. The standard InChI is InChI=1S/C12H15ClN2O2/c1-12(5-3-7-17-12)8-15-11(16)9-4-2-6-14-10(9)13/h2,4,6H,3,5,7-8H2,1H3,(H,15,16). The zero-order valence-electron chi connectivity index (χ0n) is 9.70. The van der Waals surface area contributed by atoms with Crippen molar-refractivity contribution >= 4 is 17.5 Å². The zero-order valence-corrected chi connectivity index (χ0v) is 10.5. The molecule has 1 amide bonds. The van der Waals surface area contributed by atoms with Crippen molar-refractivity contribution in [3.05, 3.63) is 29.0 Å². The fraction of sp³-hybridized carbons (Fsp3) is 0.500. The molecule has 0 bridgehead atoms. The lowest BCUT2D eigenvalue weighted by Crippen LogP contribution is -2.40. The van der Waals surface area contributed by atoms with E-state index in [0.717, 1.165) is 19.4 Å². The molecule has 1 N–H and O–H groups in total. The average Bonchev–Trinajstić information content (AvgIpc) is 2.74. The topological polar surface area (TPSA) is 51.2 Å².